The number of aromatic amines is 1. The standard InChI is InChI=1S/C9H10ClN5/c10-7-3-6(11)4-14-9(7)15-5-8-12-1-2-13-8/h1-4H,5,11H2,(H,12,13)(H,14,15). The molecule has 6 heteroatoms. The maximum atomic E-state index is 5.93. The summed E-state index contributed by atoms with van der Waals surface area (Å²) >= 11 is 5.93. The highest BCUT2D eigenvalue weighted by Crippen LogP contribution is 2.21. The van der Waals surface area contributed by atoms with E-state index in [0.29, 0.717) is 23.1 Å². The summed E-state index contributed by atoms with van der Waals surface area (Å²) in [6.07, 6.45) is 5.00. The van der Waals surface area contributed by atoms with Crippen LogP contribution < -0.4 is 11.1 Å². The highest BCUT2D eigenvalue weighted by molar-refractivity contribution is 6.33. The number of nitrogens with one attached hydrogen (secondary N) is 2. The van der Waals surface area contributed by atoms with Crippen molar-refractivity contribution in [3.63, 3.8) is 0 Å². The van der Waals surface area contributed by atoms with E-state index in [1.54, 1.807) is 24.7 Å². The Morgan fingerprint density at radius 1 is 1.47 bits per heavy atom. The van der Waals surface area contributed by atoms with E-state index in [9.17, 15) is 0 Å². The number of nitrogens with two attached hydrogens (primary N) is 1. The number of halogens is 1. The number of H-pyrrole nitrogens is 1. The zero-order chi connectivity index (χ0) is 10.7. The van der Waals surface area contributed by atoms with E-state index in [1.165, 1.54) is 0 Å². The molecule has 2 heterocycles. The average Bonchev–Trinajstić information content (AvgIpc) is 2.69. The van der Waals surface area contributed by atoms with Crippen LogP contribution in [-0.2, 0) is 6.54 Å². The van der Waals surface area contributed by atoms with Gasteiger partial charge in [-0.2, -0.15) is 0 Å². The number of hydrogen-bond donors (Lipinski definition) is 3. The van der Waals surface area contributed by atoms with Crippen LogP contribution in [-0.4, -0.2) is 15.0 Å². The highest BCUT2D eigenvalue weighted by atomic mass is 35.5. The van der Waals surface area contributed by atoms with Crippen molar-refractivity contribution in [3.8, 4) is 0 Å². The summed E-state index contributed by atoms with van der Waals surface area (Å²) in [6, 6.07) is 1.65. The highest BCUT2D eigenvalue weighted by Gasteiger charge is 2.02. The van der Waals surface area contributed by atoms with E-state index >= 15 is 0 Å². The zero-order valence-electron chi connectivity index (χ0n) is 7.87. The summed E-state index contributed by atoms with van der Waals surface area (Å²) in [5.41, 5.74) is 6.07. The molecule has 0 aliphatic rings. The molecule has 4 N–H and O–H groups in total. The van der Waals surface area contributed by atoms with Crippen LogP contribution in [0.5, 0.6) is 0 Å². The second kappa shape index (κ2) is 4.18. The Labute approximate surface area is 91.7 Å². The van der Waals surface area contributed by atoms with Crippen LogP contribution in [0.4, 0.5) is 11.5 Å². The average molecular weight is 224 g/mol. The first-order valence-electron chi connectivity index (χ1n) is 4.39. The Hall–Kier alpha value is -1.75. The number of anilines is 2. The van der Waals surface area contributed by atoms with Gasteiger partial charge < -0.3 is 16.0 Å². The molecule has 0 radical (unpaired) electrons. The monoisotopic (exact) mass is 223 g/mol. The lowest BCUT2D eigenvalue weighted by Crippen LogP contribution is -2.03. The van der Waals surface area contributed by atoms with Crippen LogP contribution in [0, 0.1) is 0 Å². The first-order chi connectivity index (χ1) is 7.25. The maximum Gasteiger partial charge on any atom is 0.145 e. The first kappa shape index (κ1) is 9.79. The van der Waals surface area contributed by atoms with E-state index in [0.717, 1.165) is 5.82 Å². The molecule has 0 spiro atoms. The Bertz CT molecular complexity index is 440. The maximum absolute atomic E-state index is 5.93. The fraction of sp³-hybridized carbons (Fsp3) is 0.111. The molecule has 2 aromatic heterocycles. The molecule has 0 saturated heterocycles. The molecule has 2 aromatic rings. The molecule has 2 rings (SSSR count). The summed E-state index contributed by atoms with van der Waals surface area (Å²) in [4.78, 5) is 11.1. The largest absolute Gasteiger partial charge is 0.397 e. The molecular formula is C9H10ClN5. The lowest BCUT2D eigenvalue weighted by molar-refractivity contribution is 0.988. The fourth-order valence-corrected chi connectivity index (χ4v) is 1.39. The molecule has 15 heavy (non-hydrogen) atoms. The summed E-state index contributed by atoms with van der Waals surface area (Å²) in [6.45, 7) is 0.545. The third-order valence-electron chi connectivity index (χ3n) is 1.84. The number of hydrogen-bond acceptors (Lipinski definition) is 4. The van der Waals surface area contributed by atoms with Crippen molar-refractivity contribution in [2.75, 3.05) is 11.1 Å². The molecule has 0 aromatic carbocycles. The van der Waals surface area contributed by atoms with Crippen LogP contribution in [0.1, 0.15) is 5.82 Å². The molecule has 5 nitrogen and oxygen atoms in total. The van der Waals surface area contributed by atoms with Crippen molar-refractivity contribution in [2.24, 2.45) is 0 Å². The van der Waals surface area contributed by atoms with Crippen molar-refractivity contribution in [1.29, 1.82) is 0 Å². The normalized spacial score (nSPS) is 10.2. The Morgan fingerprint density at radius 3 is 3.00 bits per heavy atom. The number of pyridine rings is 1. The Morgan fingerprint density at radius 2 is 2.33 bits per heavy atom. The van der Waals surface area contributed by atoms with E-state index in [1.807, 2.05) is 0 Å². The minimum absolute atomic E-state index is 0.501. The number of imidazole rings is 1. The summed E-state index contributed by atoms with van der Waals surface area (Å²) in [7, 11) is 0. The van der Waals surface area contributed by atoms with Gasteiger partial charge in [-0.15, -0.1) is 0 Å². The van der Waals surface area contributed by atoms with Gasteiger partial charge in [0, 0.05) is 12.4 Å². The van der Waals surface area contributed by atoms with Gasteiger partial charge in [-0.3, -0.25) is 0 Å². The molecule has 78 valence electrons. The predicted molar refractivity (Wildman–Crippen MR) is 59.6 cm³/mol. The quantitative estimate of drug-likeness (QED) is 0.739. The summed E-state index contributed by atoms with van der Waals surface area (Å²) in [5.74, 6) is 1.42. The molecular weight excluding hydrogens is 214 g/mol. The van der Waals surface area contributed by atoms with Gasteiger partial charge >= 0.3 is 0 Å². The number of nitrogen functional groups attached to an aromatic ring is 1. The second-order valence-electron chi connectivity index (χ2n) is 2.99. The van der Waals surface area contributed by atoms with E-state index in [4.69, 9.17) is 17.3 Å². The van der Waals surface area contributed by atoms with Crippen LogP contribution >= 0.6 is 11.6 Å². The van der Waals surface area contributed by atoms with Gasteiger partial charge in [-0.05, 0) is 6.07 Å². The van der Waals surface area contributed by atoms with Crippen molar-refractivity contribution in [3.05, 3.63) is 35.5 Å². The second-order valence-corrected chi connectivity index (χ2v) is 3.40. The molecule has 0 unspecified atom stereocenters. The van der Waals surface area contributed by atoms with E-state index in [-0.39, 0.29) is 0 Å². The van der Waals surface area contributed by atoms with Crippen molar-refractivity contribution in [2.45, 2.75) is 6.54 Å². The van der Waals surface area contributed by atoms with Crippen LogP contribution in [0.2, 0.25) is 5.02 Å². The van der Waals surface area contributed by atoms with Gasteiger partial charge in [0.05, 0.1) is 23.5 Å². The van der Waals surface area contributed by atoms with Gasteiger partial charge in [0.1, 0.15) is 11.6 Å². The molecule has 0 fully saturated rings. The molecule has 0 amide bonds. The van der Waals surface area contributed by atoms with Gasteiger partial charge in [0.25, 0.3) is 0 Å². The lowest BCUT2D eigenvalue weighted by Gasteiger charge is -2.05. The lowest BCUT2D eigenvalue weighted by atomic mass is 10.4. The third kappa shape index (κ3) is 2.38. The minimum atomic E-state index is 0.501. The fourth-order valence-electron chi connectivity index (χ4n) is 1.14. The van der Waals surface area contributed by atoms with Crippen LogP contribution in [0.15, 0.2) is 24.7 Å². The first-order valence-corrected chi connectivity index (χ1v) is 4.76. The molecule has 0 aliphatic carbocycles. The SMILES string of the molecule is Nc1cnc(NCc2ncc[nH]2)c(Cl)c1. The van der Waals surface area contributed by atoms with Crippen molar-refractivity contribution >= 4 is 23.1 Å². The molecule has 0 bridgehead atoms. The zero-order valence-corrected chi connectivity index (χ0v) is 8.62. The summed E-state index contributed by atoms with van der Waals surface area (Å²) in [5, 5.41) is 3.55. The number of rotatable bonds is 3. The predicted octanol–water partition coefficient (Wildman–Crippen LogP) is 1.65. The topological polar surface area (TPSA) is 79.6 Å². The Balaban J connectivity index is 2.05. The van der Waals surface area contributed by atoms with Crippen LogP contribution in [0.25, 0.3) is 0 Å². The van der Waals surface area contributed by atoms with Gasteiger partial charge in [0.15, 0.2) is 0 Å². The van der Waals surface area contributed by atoms with Gasteiger partial charge in [-0.1, -0.05) is 11.6 Å². The Kier molecular flexibility index (Phi) is 2.73. The smallest absolute Gasteiger partial charge is 0.145 e. The van der Waals surface area contributed by atoms with Crippen molar-refractivity contribution in [1.82, 2.24) is 15.0 Å². The molecule has 0 atom stereocenters. The van der Waals surface area contributed by atoms with Gasteiger partial charge in [-0.25, -0.2) is 9.97 Å². The minimum Gasteiger partial charge on any atom is -0.397 e. The molecule has 0 aliphatic heterocycles. The molecule has 0 saturated carbocycles. The number of aromatic nitrogens is 3. The van der Waals surface area contributed by atoms with E-state index < -0.39 is 0 Å². The third-order valence-corrected chi connectivity index (χ3v) is 2.13. The van der Waals surface area contributed by atoms with E-state index in [2.05, 4.69) is 20.3 Å². The summed E-state index contributed by atoms with van der Waals surface area (Å²) < 4.78 is 0. The van der Waals surface area contributed by atoms with Gasteiger partial charge in [0.2, 0.25) is 0 Å². The van der Waals surface area contributed by atoms with Crippen LogP contribution in [0.3, 0.4) is 0 Å². The number of nitrogens with zero attached hydrogens (tertiary/aromatic N) is 2. The van der Waals surface area contributed by atoms with Crippen molar-refractivity contribution < 1.29 is 0 Å².